The number of nitrogens with zero attached hydrogens (tertiary/aromatic N) is 3. The molecule has 0 saturated carbocycles. The first-order chi connectivity index (χ1) is 11.5. The number of aryl methyl sites for hydroxylation is 3. The van der Waals surface area contributed by atoms with Gasteiger partial charge < -0.3 is 10.1 Å². The monoisotopic (exact) mass is 348 g/mol. The third kappa shape index (κ3) is 3.33. The van der Waals surface area contributed by atoms with E-state index in [4.69, 9.17) is 4.74 Å². The zero-order valence-electron chi connectivity index (χ0n) is 14.0. The van der Waals surface area contributed by atoms with Gasteiger partial charge in [0.2, 0.25) is 5.91 Å². The molecule has 2 aromatic heterocycles. The molecule has 1 aliphatic rings. The molecule has 1 amide bonds. The first kappa shape index (κ1) is 16.6. The van der Waals surface area contributed by atoms with Crippen LogP contribution in [0.25, 0.3) is 0 Å². The van der Waals surface area contributed by atoms with Crippen molar-refractivity contribution in [1.29, 1.82) is 0 Å². The van der Waals surface area contributed by atoms with Gasteiger partial charge in [0.1, 0.15) is 12.5 Å². The van der Waals surface area contributed by atoms with Crippen molar-refractivity contribution < 1.29 is 14.3 Å². The predicted octanol–water partition coefficient (Wildman–Crippen LogP) is 2.19. The standard InChI is InChI=1S/C16H20N4O3S/c1-4-23-15(22)11-5-6-12-14(11)18-16(24-12)17-13(21)8-20-10(3)7-9(2)19-20/h7,11H,4-6,8H2,1-3H3,(H,17,18,21)/t11-/m0/s1. The summed E-state index contributed by atoms with van der Waals surface area (Å²) >= 11 is 1.43. The van der Waals surface area contributed by atoms with Crippen LogP contribution in [-0.2, 0) is 27.3 Å². The Labute approximate surface area is 144 Å². The summed E-state index contributed by atoms with van der Waals surface area (Å²) in [5, 5.41) is 7.61. The van der Waals surface area contributed by atoms with E-state index in [1.54, 1.807) is 11.6 Å². The summed E-state index contributed by atoms with van der Waals surface area (Å²) in [5.74, 6) is -0.721. The van der Waals surface area contributed by atoms with Crippen molar-refractivity contribution in [3.8, 4) is 0 Å². The Balaban J connectivity index is 1.67. The number of thiazole rings is 1. The highest BCUT2D eigenvalue weighted by Crippen LogP contribution is 2.38. The van der Waals surface area contributed by atoms with E-state index in [2.05, 4.69) is 15.4 Å². The molecule has 1 atom stereocenters. The van der Waals surface area contributed by atoms with Gasteiger partial charge in [-0.3, -0.25) is 14.3 Å². The number of carbonyl (C=O) groups is 2. The summed E-state index contributed by atoms with van der Waals surface area (Å²) in [4.78, 5) is 29.6. The van der Waals surface area contributed by atoms with E-state index in [-0.39, 0.29) is 24.3 Å². The molecule has 2 aromatic rings. The number of ether oxygens (including phenoxy) is 1. The van der Waals surface area contributed by atoms with E-state index >= 15 is 0 Å². The van der Waals surface area contributed by atoms with Gasteiger partial charge in [0, 0.05) is 10.6 Å². The Hall–Kier alpha value is -2.22. The lowest BCUT2D eigenvalue weighted by molar-refractivity contribution is -0.145. The van der Waals surface area contributed by atoms with E-state index in [0.717, 1.165) is 34.8 Å². The first-order valence-corrected chi connectivity index (χ1v) is 8.76. The van der Waals surface area contributed by atoms with Crippen LogP contribution in [0.1, 0.15) is 41.2 Å². The highest BCUT2D eigenvalue weighted by molar-refractivity contribution is 7.16. The van der Waals surface area contributed by atoms with Crippen LogP contribution >= 0.6 is 11.3 Å². The minimum atomic E-state index is -0.308. The Morgan fingerprint density at radius 1 is 1.46 bits per heavy atom. The fourth-order valence-electron chi connectivity index (χ4n) is 2.88. The van der Waals surface area contributed by atoms with Crippen LogP contribution < -0.4 is 5.32 Å². The molecule has 1 aliphatic carbocycles. The van der Waals surface area contributed by atoms with Gasteiger partial charge in [-0.05, 0) is 39.7 Å². The van der Waals surface area contributed by atoms with Crippen molar-refractivity contribution in [2.75, 3.05) is 11.9 Å². The van der Waals surface area contributed by atoms with Gasteiger partial charge in [-0.1, -0.05) is 0 Å². The second kappa shape index (κ2) is 6.72. The maximum atomic E-state index is 12.2. The number of hydrogen-bond acceptors (Lipinski definition) is 6. The number of carbonyl (C=O) groups excluding carboxylic acids is 2. The van der Waals surface area contributed by atoms with Crippen molar-refractivity contribution in [2.45, 2.75) is 46.1 Å². The molecule has 0 spiro atoms. The normalized spacial score (nSPS) is 16.0. The van der Waals surface area contributed by atoms with Gasteiger partial charge >= 0.3 is 5.97 Å². The van der Waals surface area contributed by atoms with E-state index in [1.165, 1.54) is 11.3 Å². The minimum Gasteiger partial charge on any atom is -0.465 e. The fraction of sp³-hybridized carbons (Fsp3) is 0.500. The maximum absolute atomic E-state index is 12.2. The highest BCUT2D eigenvalue weighted by atomic mass is 32.1. The van der Waals surface area contributed by atoms with Crippen LogP contribution in [0.5, 0.6) is 0 Å². The molecule has 2 heterocycles. The summed E-state index contributed by atoms with van der Waals surface area (Å²) in [6.07, 6.45) is 1.52. The smallest absolute Gasteiger partial charge is 0.315 e. The lowest BCUT2D eigenvalue weighted by Gasteiger charge is -2.08. The second-order valence-electron chi connectivity index (χ2n) is 5.80. The molecule has 0 radical (unpaired) electrons. The molecular weight excluding hydrogens is 328 g/mol. The second-order valence-corrected chi connectivity index (χ2v) is 6.89. The molecule has 0 fully saturated rings. The molecular formula is C16H20N4O3S. The SMILES string of the molecule is CCOC(=O)[C@H]1CCc2sc(NC(=O)Cn3nc(C)cc3C)nc21. The van der Waals surface area contributed by atoms with Crippen LogP contribution in [-0.4, -0.2) is 33.2 Å². The molecule has 24 heavy (non-hydrogen) atoms. The van der Waals surface area contributed by atoms with E-state index in [0.29, 0.717) is 11.7 Å². The highest BCUT2D eigenvalue weighted by Gasteiger charge is 2.33. The zero-order chi connectivity index (χ0) is 17.3. The molecule has 0 bridgehead atoms. The topological polar surface area (TPSA) is 86.1 Å². The number of rotatable bonds is 5. The summed E-state index contributed by atoms with van der Waals surface area (Å²) in [6, 6.07) is 1.93. The largest absolute Gasteiger partial charge is 0.465 e. The first-order valence-electron chi connectivity index (χ1n) is 7.95. The Kier molecular flexibility index (Phi) is 4.66. The van der Waals surface area contributed by atoms with Gasteiger partial charge in [-0.25, -0.2) is 4.98 Å². The van der Waals surface area contributed by atoms with Crippen molar-refractivity contribution in [3.63, 3.8) is 0 Å². The number of aromatic nitrogens is 3. The molecule has 1 N–H and O–H groups in total. The molecule has 8 heteroatoms. The average molecular weight is 348 g/mol. The third-order valence-corrected chi connectivity index (χ3v) is 4.98. The summed E-state index contributed by atoms with van der Waals surface area (Å²) in [5.41, 5.74) is 2.57. The lowest BCUT2D eigenvalue weighted by Crippen LogP contribution is -2.20. The predicted molar refractivity (Wildman–Crippen MR) is 90.1 cm³/mol. The summed E-state index contributed by atoms with van der Waals surface area (Å²) in [6.45, 7) is 6.10. The molecule has 3 rings (SSSR count). The number of amides is 1. The fourth-order valence-corrected chi connectivity index (χ4v) is 3.94. The molecule has 0 aliphatic heterocycles. The molecule has 0 saturated heterocycles. The number of hydrogen-bond donors (Lipinski definition) is 1. The van der Waals surface area contributed by atoms with Crippen LogP contribution in [0, 0.1) is 13.8 Å². The van der Waals surface area contributed by atoms with Crippen LogP contribution in [0.2, 0.25) is 0 Å². The van der Waals surface area contributed by atoms with Crippen molar-refractivity contribution in [3.05, 3.63) is 28.0 Å². The molecule has 0 unspecified atom stereocenters. The van der Waals surface area contributed by atoms with Crippen LogP contribution in [0.15, 0.2) is 6.07 Å². The van der Waals surface area contributed by atoms with Gasteiger partial charge in [-0.15, -0.1) is 11.3 Å². The maximum Gasteiger partial charge on any atom is 0.315 e. The van der Waals surface area contributed by atoms with E-state index < -0.39 is 0 Å². The van der Waals surface area contributed by atoms with Gasteiger partial charge in [-0.2, -0.15) is 5.10 Å². The third-order valence-electron chi connectivity index (χ3n) is 3.93. The van der Waals surface area contributed by atoms with Gasteiger partial charge in [0.25, 0.3) is 0 Å². The molecule has 7 nitrogen and oxygen atoms in total. The number of fused-ring (bicyclic) bond motifs is 1. The Bertz CT molecular complexity index is 780. The lowest BCUT2D eigenvalue weighted by atomic mass is 10.1. The molecule has 0 aromatic carbocycles. The molecule has 128 valence electrons. The average Bonchev–Trinajstić information content (AvgIpc) is 3.14. The number of esters is 1. The summed E-state index contributed by atoms with van der Waals surface area (Å²) in [7, 11) is 0. The van der Waals surface area contributed by atoms with Gasteiger partial charge in [0.05, 0.1) is 18.0 Å². The summed E-state index contributed by atoms with van der Waals surface area (Å²) < 4.78 is 6.75. The Morgan fingerprint density at radius 3 is 2.92 bits per heavy atom. The Morgan fingerprint density at radius 2 is 2.25 bits per heavy atom. The minimum absolute atomic E-state index is 0.144. The van der Waals surface area contributed by atoms with E-state index in [1.807, 2.05) is 19.9 Å². The van der Waals surface area contributed by atoms with Crippen molar-refractivity contribution >= 4 is 28.3 Å². The van der Waals surface area contributed by atoms with Crippen molar-refractivity contribution in [2.24, 2.45) is 0 Å². The van der Waals surface area contributed by atoms with Crippen LogP contribution in [0.3, 0.4) is 0 Å². The quantitative estimate of drug-likeness (QED) is 0.837. The van der Waals surface area contributed by atoms with Crippen molar-refractivity contribution in [1.82, 2.24) is 14.8 Å². The van der Waals surface area contributed by atoms with Crippen LogP contribution in [0.4, 0.5) is 5.13 Å². The zero-order valence-corrected chi connectivity index (χ0v) is 14.8. The van der Waals surface area contributed by atoms with E-state index in [9.17, 15) is 9.59 Å². The number of nitrogens with one attached hydrogen (secondary N) is 1. The van der Waals surface area contributed by atoms with Gasteiger partial charge in [0.15, 0.2) is 5.13 Å². The number of anilines is 1.